The topological polar surface area (TPSA) is 49.4 Å². The van der Waals surface area contributed by atoms with Crippen LogP contribution in [0.3, 0.4) is 0 Å². The third-order valence-electron chi connectivity index (χ3n) is 3.91. The van der Waals surface area contributed by atoms with E-state index >= 15 is 0 Å². The minimum Gasteiger partial charge on any atom is -0.373 e. The smallest absolute Gasteiger partial charge is 0.256 e. The molecule has 1 fully saturated rings. The van der Waals surface area contributed by atoms with Crippen molar-refractivity contribution in [2.75, 3.05) is 10.2 Å². The van der Waals surface area contributed by atoms with Gasteiger partial charge in [-0.3, -0.25) is 9.59 Å². The summed E-state index contributed by atoms with van der Waals surface area (Å²) < 4.78 is 0.909. The van der Waals surface area contributed by atoms with Crippen molar-refractivity contribution in [1.82, 2.24) is 0 Å². The number of nitrogens with zero attached hydrogens (tertiary/aromatic N) is 1. The molecule has 4 nitrogen and oxygen atoms in total. The van der Waals surface area contributed by atoms with Crippen molar-refractivity contribution >= 4 is 39.1 Å². The fraction of sp³-hybridized carbons (Fsp3) is 0.222. The highest BCUT2D eigenvalue weighted by atomic mass is 79.9. The Morgan fingerprint density at radius 1 is 1.17 bits per heavy atom. The second kappa shape index (κ2) is 6.54. The van der Waals surface area contributed by atoms with Gasteiger partial charge >= 0.3 is 0 Å². The lowest BCUT2D eigenvalue weighted by Gasteiger charge is -2.16. The number of carbonyl (C=O) groups excluding carboxylic acids is 2. The lowest BCUT2D eigenvalue weighted by atomic mass is 10.1. The molecule has 118 valence electrons. The van der Waals surface area contributed by atoms with Crippen molar-refractivity contribution in [3.63, 3.8) is 0 Å². The van der Waals surface area contributed by atoms with E-state index in [1.807, 2.05) is 36.4 Å². The van der Waals surface area contributed by atoms with Crippen LogP contribution in [0, 0.1) is 0 Å². The highest BCUT2D eigenvalue weighted by molar-refractivity contribution is 9.10. The standard InChI is InChI=1S/C18H17BrN2O2/c1-2-12-4-3-5-14(10-12)20-16-11-17(22)21(18(16)23)15-8-6-13(19)7-9-15/h3-10,16,20H,2,11H2,1H3/t16-/m1/s1. The Bertz CT molecular complexity index is 743. The number of aryl methyl sites for hydroxylation is 1. The van der Waals surface area contributed by atoms with Crippen LogP contribution >= 0.6 is 15.9 Å². The molecule has 1 N–H and O–H groups in total. The molecule has 0 aromatic heterocycles. The van der Waals surface area contributed by atoms with Gasteiger partial charge in [-0.15, -0.1) is 0 Å². The molecule has 1 heterocycles. The zero-order chi connectivity index (χ0) is 16.4. The van der Waals surface area contributed by atoms with Gasteiger partial charge in [0.2, 0.25) is 5.91 Å². The predicted molar refractivity (Wildman–Crippen MR) is 94.5 cm³/mol. The maximum Gasteiger partial charge on any atom is 0.256 e. The Hall–Kier alpha value is -2.14. The molecule has 2 amide bonds. The van der Waals surface area contributed by atoms with Crippen LogP contribution < -0.4 is 10.2 Å². The third kappa shape index (κ3) is 3.29. The number of halogens is 1. The van der Waals surface area contributed by atoms with Crippen molar-refractivity contribution < 1.29 is 9.59 Å². The molecule has 5 heteroatoms. The van der Waals surface area contributed by atoms with Crippen molar-refractivity contribution in [2.45, 2.75) is 25.8 Å². The van der Waals surface area contributed by atoms with Crippen molar-refractivity contribution in [2.24, 2.45) is 0 Å². The quantitative estimate of drug-likeness (QED) is 0.831. The normalized spacial score (nSPS) is 17.7. The summed E-state index contributed by atoms with van der Waals surface area (Å²) in [6.45, 7) is 2.08. The molecule has 1 aliphatic rings. The maximum atomic E-state index is 12.6. The molecule has 2 aromatic carbocycles. The second-order valence-corrected chi connectivity index (χ2v) is 6.41. The van der Waals surface area contributed by atoms with Gasteiger partial charge in [0, 0.05) is 10.2 Å². The van der Waals surface area contributed by atoms with E-state index in [9.17, 15) is 9.59 Å². The van der Waals surface area contributed by atoms with Gasteiger partial charge in [-0.1, -0.05) is 35.0 Å². The Morgan fingerprint density at radius 3 is 2.61 bits per heavy atom. The molecule has 23 heavy (non-hydrogen) atoms. The van der Waals surface area contributed by atoms with E-state index in [2.05, 4.69) is 28.2 Å². The fourth-order valence-corrected chi connectivity index (χ4v) is 2.95. The number of hydrogen-bond acceptors (Lipinski definition) is 3. The van der Waals surface area contributed by atoms with Crippen LogP contribution in [0.5, 0.6) is 0 Å². The van der Waals surface area contributed by atoms with E-state index < -0.39 is 6.04 Å². The average molecular weight is 373 g/mol. The van der Waals surface area contributed by atoms with Gasteiger partial charge in [-0.2, -0.15) is 0 Å². The SMILES string of the molecule is CCc1cccc(N[C@@H]2CC(=O)N(c3ccc(Br)cc3)C2=O)c1. The van der Waals surface area contributed by atoms with E-state index in [0.717, 1.165) is 16.6 Å². The Morgan fingerprint density at radius 2 is 1.91 bits per heavy atom. The molecule has 0 saturated carbocycles. The summed E-state index contributed by atoms with van der Waals surface area (Å²) >= 11 is 3.35. The molecule has 0 aliphatic carbocycles. The highest BCUT2D eigenvalue weighted by Crippen LogP contribution is 2.26. The van der Waals surface area contributed by atoms with Gasteiger partial charge < -0.3 is 5.32 Å². The molecule has 0 unspecified atom stereocenters. The zero-order valence-corrected chi connectivity index (χ0v) is 14.3. The van der Waals surface area contributed by atoms with E-state index in [-0.39, 0.29) is 18.2 Å². The first-order valence-electron chi connectivity index (χ1n) is 7.56. The monoisotopic (exact) mass is 372 g/mol. The van der Waals surface area contributed by atoms with Crippen LogP contribution in [-0.4, -0.2) is 17.9 Å². The van der Waals surface area contributed by atoms with Crippen LogP contribution in [0.2, 0.25) is 0 Å². The molecular weight excluding hydrogens is 356 g/mol. The number of nitrogens with one attached hydrogen (secondary N) is 1. The van der Waals surface area contributed by atoms with Gasteiger partial charge in [-0.05, 0) is 48.4 Å². The van der Waals surface area contributed by atoms with Crippen molar-refractivity contribution in [3.05, 3.63) is 58.6 Å². The summed E-state index contributed by atoms with van der Waals surface area (Å²) in [7, 11) is 0. The van der Waals surface area contributed by atoms with E-state index in [1.165, 1.54) is 10.5 Å². The molecule has 1 aliphatic heterocycles. The van der Waals surface area contributed by atoms with Gasteiger partial charge in [-0.25, -0.2) is 4.90 Å². The molecule has 1 atom stereocenters. The Balaban J connectivity index is 1.79. The number of carbonyl (C=O) groups is 2. The van der Waals surface area contributed by atoms with Gasteiger partial charge in [0.05, 0.1) is 12.1 Å². The lowest BCUT2D eigenvalue weighted by Crippen LogP contribution is -2.34. The summed E-state index contributed by atoms with van der Waals surface area (Å²) in [4.78, 5) is 26.1. The number of anilines is 2. The average Bonchev–Trinajstić information content (AvgIpc) is 2.83. The van der Waals surface area contributed by atoms with E-state index in [4.69, 9.17) is 0 Å². The zero-order valence-electron chi connectivity index (χ0n) is 12.8. The summed E-state index contributed by atoms with van der Waals surface area (Å²) in [5.41, 5.74) is 2.67. The van der Waals surface area contributed by atoms with E-state index in [1.54, 1.807) is 12.1 Å². The van der Waals surface area contributed by atoms with Gasteiger partial charge in [0.25, 0.3) is 5.91 Å². The molecule has 0 radical (unpaired) electrons. The minimum absolute atomic E-state index is 0.172. The molecule has 0 bridgehead atoms. The number of rotatable bonds is 4. The summed E-state index contributed by atoms with van der Waals surface area (Å²) in [6, 6.07) is 14.6. The second-order valence-electron chi connectivity index (χ2n) is 5.50. The number of amides is 2. The summed E-state index contributed by atoms with van der Waals surface area (Å²) in [6.07, 6.45) is 1.10. The third-order valence-corrected chi connectivity index (χ3v) is 4.44. The lowest BCUT2D eigenvalue weighted by molar-refractivity contribution is -0.121. The maximum absolute atomic E-state index is 12.6. The summed E-state index contributed by atoms with van der Waals surface area (Å²) in [5.74, 6) is -0.388. The Kier molecular flexibility index (Phi) is 4.48. The highest BCUT2D eigenvalue weighted by Gasteiger charge is 2.39. The van der Waals surface area contributed by atoms with Crippen molar-refractivity contribution in [1.29, 1.82) is 0 Å². The molecule has 0 spiro atoms. The van der Waals surface area contributed by atoms with Gasteiger partial charge in [0.1, 0.15) is 6.04 Å². The number of imide groups is 1. The largest absolute Gasteiger partial charge is 0.373 e. The molecule has 1 saturated heterocycles. The Labute approximate surface area is 143 Å². The first-order chi connectivity index (χ1) is 11.1. The van der Waals surface area contributed by atoms with Crippen LogP contribution in [0.25, 0.3) is 0 Å². The van der Waals surface area contributed by atoms with Gasteiger partial charge in [0.15, 0.2) is 0 Å². The van der Waals surface area contributed by atoms with Crippen molar-refractivity contribution in [3.8, 4) is 0 Å². The van der Waals surface area contributed by atoms with Crippen LogP contribution in [0.15, 0.2) is 53.0 Å². The fourth-order valence-electron chi connectivity index (χ4n) is 2.69. The number of benzene rings is 2. The summed E-state index contributed by atoms with van der Waals surface area (Å²) in [5, 5.41) is 3.19. The predicted octanol–water partition coefficient (Wildman–Crippen LogP) is 3.76. The van der Waals surface area contributed by atoms with Crippen LogP contribution in [-0.2, 0) is 16.0 Å². The minimum atomic E-state index is -0.516. The van der Waals surface area contributed by atoms with Crippen LogP contribution in [0.4, 0.5) is 11.4 Å². The van der Waals surface area contributed by atoms with E-state index in [0.29, 0.717) is 5.69 Å². The molecule has 2 aromatic rings. The molecule has 3 rings (SSSR count). The first-order valence-corrected chi connectivity index (χ1v) is 8.35. The molecular formula is C18H17BrN2O2. The number of hydrogen-bond donors (Lipinski definition) is 1. The first kappa shape index (κ1) is 15.7. The van der Waals surface area contributed by atoms with Crippen LogP contribution in [0.1, 0.15) is 18.9 Å².